The fraction of sp³-hybridized carbons (Fsp3) is 0.226. The van der Waals surface area contributed by atoms with Crippen LogP contribution >= 0.6 is 23.2 Å². The number of primary amides is 1. The van der Waals surface area contributed by atoms with Crippen LogP contribution in [0.1, 0.15) is 42.3 Å². The molecule has 0 saturated carbocycles. The number of halogens is 2. The molecule has 2 aromatic heterocycles. The molecule has 1 amide bonds. The van der Waals surface area contributed by atoms with Gasteiger partial charge in [0.25, 0.3) is 0 Å². The highest BCUT2D eigenvalue weighted by Gasteiger charge is 2.26. The lowest BCUT2D eigenvalue weighted by Crippen LogP contribution is -2.19. The van der Waals surface area contributed by atoms with E-state index in [1.165, 1.54) is 14.2 Å². The van der Waals surface area contributed by atoms with Crippen LogP contribution in [0.3, 0.4) is 0 Å². The molecule has 0 bridgehead atoms. The van der Waals surface area contributed by atoms with Crippen molar-refractivity contribution in [3.8, 4) is 45.3 Å². The monoisotopic (exact) mass is 593 g/mol. The molecule has 0 radical (unpaired) electrons. The van der Waals surface area contributed by atoms with E-state index in [1.54, 1.807) is 30.5 Å². The fourth-order valence-corrected chi connectivity index (χ4v) is 5.20. The maximum Gasteiger partial charge on any atom is 0.404 e. The van der Waals surface area contributed by atoms with Crippen LogP contribution in [-0.2, 0) is 16.8 Å². The van der Waals surface area contributed by atoms with E-state index in [0.29, 0.717) is 66.4 Å². The van der Waals surface area contributed by atoms with E-state index in [2.05, 4.69) is 4.98 Å². The summed E-state index contributed by atoms with van der Waals surface area (Å²) in [6.07, 6.45) is 1.48. The molecule has 2 heterocycles. The fourth-order valence-electron chi connectivity index (χ4n) is 4.55. The molecular formula is C31H29Cl2N3O5. The second kappa shape index (κ2) is 12.2. The minimum absolute atomic E-state index is 0.0832. The van der Waals surface area contributed by atoms with Crippen molar-refractivity contribution in [2.45, 2.75) is 32.8 Å². The van der Waals surface area contributed by atoms with Crippen molar-refractivity contribution >= 4 is 35.6 Å². The van der Waals surface area contributed by atoms with Crippen molar-refractivity contribution < 1.29 is 23.8 Å². The van der Waals surface area contributed by atoms with Gasteiger partial charge in [-0.2, -0.15) is 0 Å². The van der Waals surface area contributed by atoms with Crippen LogP contribution in [0.5, 0.6) is 11.6 Å². The highest BCUT2D eigenvalue weighted by atomic mass is 35.5. The van der Waals surface area contributed by atoms with E-state index in [0.717, 1.165) is 11.8 Å². The second-order valence-electron chi connectivity index (χ2n) is 10.2. The standard InChI is InChI=1S/C31H29Cl2N3O5/c1-31(2,3)23-14-24(36-29(40-5)22(23)16-41-30(34)38)21-8-6-7-19(26(21)32)20-11-12-35-28(27(20)33)17-9-10-18(15-37)25(13-17)39-4/h6-15H,16H2,1-5H3,(H2,34,38). The second-order valence-corrected chi connectivity index (χ2v) is 10.9. The molecule has 0 fully saturated rings. The quantitative estimate of drug-likeness (QED) is 0.210. The van der Waals surface area contributed by atoms with Gasteiger partial charge in [-0.3, -0.25) is 9.78 Å². The topological polar surface area (TPSA) is 114 Å². The number of aldehydes is 1. The van der Waals surface area contributed by atoms with Crippen molar-refractivity contribution in [3.63, 3.8) is 0 Å². The molecule has 4 aromatic rings. The van der Waals surface area contributed by atoms with Crippen LogP contribution in [0.2, 0.25) is 10.0 Å². The molecule has 0 saturated heterocycles. The van der Waals surface area contributed by atoms with Crippen molar-refractivity contribution in [1.82, 2.24) is 9.97 Å². The van der Waals surface area contributed by atoms with E-state index in [4.69, 9.17) is 48.1 Å². The van der Waals surface area contributed by atoms with Crippen LogP contribution in [-0.4, -0.2) is 36.6 Å². The number of rotatable bonds is 8. The number of benzene rings is 2. The molecule has 0 aliphatic carbocycles. The molecule has 212 valence electrons. The van der Waals surface area contributed by atoms with E-state index in [9.17, 15) is 9.59 Å². The number of hydrogen-bond donors (Lipinski definition) is 1. The Balaban J connectivity index is 1.86. The van der Waals surface area contributed by atoms with Gasteiger partial charge in [0.15, 0.2) is 6.29 Å². The third-order valence-corrected chi connectivity index (χ3v) is 7.32. The van der Waals surface area contributed by atoms with Gasteiger partial charge in [0.1, 0.15) is 12.4 Å². The summed E-state index contributed by atoms with van der Waals surface area (Å²) in [5, 5.41) is 0.809. The smallest absolute Gasteiger partial charge is 0.404 e. The first-order chi connectivity index (χ1) is 19.5. The minimum Gasteiger partial charge on any atom is -0.496 e. The van der Waals surface area contributed by atoms with Gasteiger partial charge < -0.3 is 19.9 Å². The van der Waals surface area contributed by atoms with Gasteiger partial charge in [-0.25, -0.2) is 9.78 Å². The van der Waals surface area contributed by atoms with Gasteiger partial charge in [-0.05, 0) is 35.2 Å². The maximum absolute atomic E-state index is 11.3. The van der Waals surface area contributed by atoms with Crippen molar-refractivity contribution in [2.24, 2.45) is 5.73 Å². The Hall–Kier alpha value is -4.14. The number of carbonyl (C=O) groups is 2. The molecule has 0 spiro atoms. The first-order valence-electron chi connectivity index (χ1n) is 12.6. The van der Waals surface area contributed by atoms with E-state index in [1.807, 2.05) is 45.0 Å². The Kier molecular flexibility index (Phi) is 8.85. The Bertz CT molecular complexity index is 1630. The number of carbonyl (C=O) groups excluding carboxylic acids is 2. The average molecular weight is 594 g/mol. The normalized spacial score (nSPS) is 11.2. The van der Waals surface area contributed by atoms with Crippen LogP contribution in [0.25, 0.3) is 33.6 Å². The lowest BCUT2D eigenvalue weighted by Gasteiger charge is -2.25. The molecule has 0 aliphatic heterocycles. The number of nitrogens with zero attached hydrogens (tertiary/aromatic N) is 2. The summed E-state index contributed by atoms with van der Waals surface area (Å²) in [6.45, 7) is 6.02. The number of methoxy groups -OCH3 is 2. The molecule has 2 aromatic carbocycles. The number of amides is 1. The average Bonchev–Trinajstić information content (AvgIpc) is 2.95. The first-order valence-corrected chi connectivity index (χ1v) is 13.3. The highest BCUT2D eigenvalue weighted by molar-refractivity contribution is 6.39. The van der Waals surface area contributed by atoms with Crippen LogP contribution in [0, 0.1) is 0 Å². The Morgan fingerprint density at radius 2 is 1.68 bits per heavy atom. The molecule has 0 unspecified atom stereocenters. The predicted octanol–water partition coefficient (Wildman–Crippen LogP) is 7.51. The first kappa shape index (κ1) is 29.8. The SMILES string of the molecule is COc1cc(-c2nccc(-c3cccc(-c4cc(C(C)(C)C)c(COC(N)=O)c(OC)n4)c3Cl)c2Cl)ccc1C=O. The van der Waals surface area contributed by atoms with E-state index < -0.39 is 6.09 Å². The van der Waals surface area contributed by atoms with E-state index in [-0.39, 0.29) is 12.0 Å². The molecule has 8 nitrogen and oxygen atoms in total. The molecule has 0 atom stereocenters. The zero-order valence-corrected chi connectivity index (χ0v) is 24.8. The summed E-state index contributed by atoms with van der Waals surface area (Å²) in [5.41, 5.74) is 10.5. The Morgan fingerprint density at radius 1 is 0.976 bits per heavy atom. The van der Waals surface area contributed by atoms with Crippen molar-refractivity contribution in [1.29, 1.82) is 0 Å². The summed E-state index contributed by atoms with van der Waals surface area (Å²) in [4.78, 5) is 31.9. The summed E-state index contributed by atoms with van der Waals surface area (Å²) < 4.78 is 16.0. The Labute approximate surface area is 248 Å². The zero-order valence-electron chi connectivity index (χ0n) is 23.2. The van der Waals surface area contributed by atoms with Gasteiger partial charge in [0, 0.05) is 28.5 Å². The van der Waals surface area contributed by atoms with Gasteiger partial charge in [0.05, 0.1) is 46.8 Å². The van der Waals surface area contributed by atoms with Crippen LogP contribution in [0.4, 0.5) is 4.79 Å². The summed E-state index contributed by atoms with van der Waals surface area (Å²) >= 11 is 13.9. The number of ether oxygens (including phenoxy) is 3. The third-order valence-electron chi connectivity index (χ3n) is 6.53. The van der Waals surface area contributed by atoms with E-state index >= 15 is 0 Å². The van der Waals surface area contributed by atoms with Crippen molar-refractivity contribution in [3.05, 3.63) is 81.5 Å². The molecule has 0 aliphatic rings. The highest BCUT2D eigenvalue weighted by Crippen LogP contribution is 2.43. The number of nitrogens with two attached hydrogens (primary N) is 1. The number of pyridine rings is 2. The van der Waals surface area contributed by atoms with Gasteiger partial charge in [-0.15, -0.1) is 0 Å². The summed E-state index contributed by atoms with van der Waals surface area (Å²) in [7, 11) is 2.99. The molecule has 41 heavy (non-hydrogen) atoms. The van der Waals surface area contributed by atoms with Gasteiger partial charge in [-0.1, -0.05) is 68.2 Å². The third kappa shape index (κ3) is 6.14. The largest absolute Gasteiger partial charge is 0.496 e. The Morgan fingerprint density at radius 3 is 2.32 bits per heavy atom. The molecule has 4 rings (SSSR count). The zero-order chi connectivity index (χ0) is 29.9. The molecule has 2 N–H and O–H groups in total. The summed E-state index contributed by atoms with van der Waals surface area (Å²) in [5.74, 6) is 0.715. The number of aromatic nitrogens is 2. The maximum atomic E-state index is 11.3. The predicted molar refractivity (Wildman–Crippen MR) is 160 cm³/mol. The van der Waals surface area contributed by atoms with Crippen LogP contribution in [0.15, 0.2) is 54.7 Å². The van der Waals surface area contributed by atoms with Gasteiger partial charge in [0.2, 0.25) is 5.88 Å². The van der Waals surface area contributed by atoms with Crippen molar-refractivity contribution in [2.75, 3.05) is 14.2 Å². The lowest BCUT2D eigenvalue weighted by atomic mass is 9.83. The molecular weight excluding hydrogens is 565 g/mol. The number of hydrogen-bond acceptors (Lipinski definition) is 7. The lowest BCUT2D eigenvalue weighted by molar-refractivity contribution is 0.112. The summed E-state index contributed by atoms with van der Waals surface area (Å²) in [6, 6.07) is 14.4. The van der Waals surface area contributed by atoms with Gasteiger partial charge >= 0.3 is 6.09 Å². The molecule has 10 heteroatoms. The van der Waals surface area contributed by atoms with Crippen LogP contribution < -0.4 is 15.2 Å². The minimum atomic E-state index is -0.890.